The lowest BCUT2D eigenvalue weighted by atomic mass is 9.75. The average molecular weight is 455 g/mol. The summed E-state index contributed by atoms with van der Waals surface area (Å²) in [5.74, 6) is -3.77. The Bertz CT molecular complexity index is 1240. The predicted octanol–water partition coefficient (Wildman–Crippen LogP) is 3.45. The number of fused-ring (bicyclic) bond motifs is 7. The van der Waals surface area contributed by atoms with Gasteiger partial charge in [-0.15, -0.1) is 0 Å². The molecule has 0 bridgehead atoms. The van der Waals surface area contributed by atoms with E-state index >= 15 is 0 Å². The van der Waals surface area contributed by atoms with Crippen molar-refractivity contribution in [3.05, 3.63) is 59.2 Å². The SMILES string of the molecule is Cc1ccc2c(c1)[C@]1(C(=O)N2)[C@@H]2C(=O)N(c3ccccc3C(F)(F)F)C(=O)[C@@H]2[C@@H]2CCCN21. The number of imide groups is 1. The third-order valence-electron chi connectivity index (χ3n) is 7.60. The minimum atomic E-state index is -4.74. The zero-order valence-electron chi connectivity index (χ0n) is 17.6. The van der Waals surface area contributed by atoms with Crippen molar-refractivity contribution in [2.24, 2.45) is 11.8 Å². The zero-order valence-corrected chi connectivity index (χ0v) is 17.6. The van der Waals surface area contributed by atoms with Crippen molar-refractivity contribution in [1.82, 2.24) is 4.90 Å². The smallest absolute Gasteiger partial charge is 0.324 e. The van der Waals surface area contributed by atoms with E-state index in [9.17, 15) is 27.6 Å². The fourth-order valence-electron chi connectivity index (χ4n) is 6.46. The Morgan fingerprint density at radius 1 is 1.06 bits per heavy atom. The Morgan fingerprint density at radius 2 is 1.82 bits per heavy atom. The van der Waals surface area contributed by atoms with Crippen molar-refractivity contribution in [1.29, 1.82) is 0 Å². The summed E-state index contributed by atoms with van der Waals surface area (Å²) < 4.78 is 41.2. The molecule has 3 amide bonds. The maximum Gasteiger partial charge on any atom is 0.418 e. The summed E-state index contributed by atoms with van der Waals surface area (Å²) in [5.41, 5.74) is -0.833. The minimum absolute atomic E-state index is 0.383. The number of benzene rings is 2. The zero-order chi connectivity index (χ0) is 23.3. The molecule has 33 heavy (non-hydrogen) atoms. The molecule has 0 unspecified atom stereocenters. The summed E-state index contributed by atoms with van der Waals surface area (Å²) in [6.45, 7) is 2.41. The van der Waals surface area contributed by atoms with Gasteiger partial charge in [-0.1, -0.05) is 29.8 Å². The summed E-state index contributed by atoms with van der Waals surface area (Å²) in [5, 5.41) is 2.87. The highest BCUT2D eigenvalue weighted by Gasteiger charge is 2.74. The number of hydrogen-bond donors (Lipinski definition) is 1. The predicted molar refractivity (Wildman–Crippen MR) is 112 cm³/mol. The van der Waals surface area contributed by atoms with E-state index in [0.717, 1.165) is 24.1 Å². The maximum atomic E-state index is 13.8. The van der Waals surface area contributed by atoms with Crippen molar-refractivity contribution in [2.75, 3.05) is 16.8 Å². The van der Waals surface area contributed by atoms with Crippen LogP contribution in [0.15, 0.2) is 42.5 Å². The van der Waals surface area contributed by atoms with E-state index in [1.807, 2.05) is 24.0 Å². The average Bonchev–Trinajstić information content (AvgIpc) is 3.46. The molecule has 1 spiro atoms. The van der Waals surface area contributed by atoms with Gasteiger partial charge >= 0.3 is 6.18 Å². The first-order valence-electron chi connectivity index (χ1n) is 10.9. The van der Waals surface area contributed by atoms with Crippen molar-refractivity contribution in [3.8, 4) is 0 Å². The van der Waals surface area contributed by atoms with Crippen LogP contribution in [-0.2, 0) is 26.1 Å². The number of carbonyl (C=O) groups is 3. The number of rotatable bonds is 1. The van der Waals surface area contributed by atoms with E-state index in [-0.39, 0.29) is 6.04 Å². The number of anilines is 2. The van der Waals surface area contributed by atoms with Crippen LogP contribution in [0.4, 0.5) is 24.5 Å². The van der Waals surface area contributed by atoms with Gasteiger partial charge in [0.2, 0.25) is 17.7 Å². The van der Waals surface area contributed by atoms with E-state index in [1.165, 1.54) is 12.1 Å². The second-order valence-corrected chi connectivity index (χ2v) is 9.20. The molecule has 4 aliphatic rings. The molecular formula is C24H20F3N3O3. The van der Waals surface area contributed by atoms with Gasteiger partial charge in [-0.05, 0) is 44.5 Å². The van der Waals surface area contributed by atoms with E-state index in [2.05, 4.69) is 5.32 Å². The van der Waals surface area contributed by atoms with Crippen LogP contribution in [0.5, 0.6) is 0 Å². The van der Waals surface area contributed by atoms with Crippen LogP contribution in [0.2, 0.25) is 0 Å². The van der Waals surface area contributed by atoms with Gasteiger partial charge < -0.3 is 5.32 Å². The van der Waals surface area contributed by atoms with Crippen LogP contribution in [-0.4, -0.2) is 35.2 Å². The molecule has 2 aromatic carbocycles. The summed E-state index contributed by atoms with van der Waals surface area (Å²) in [6, 6.07) is 9.68. The van der Waals surface area contributed by atoms with Gasteiger partial charge in [0.05, 0.1) is 23.1 Å². The fraction of sp³-hybridized carbons (Fsp3) is 0.375. The first-order chi connectivity index (χ1) is 15.7. The quantitative estimate of drug-likeness (QED) is 0.669. The Hall–Kier alpha value is -3.20. The van der Waals surface area contributed by atoms with E-state index in [0.29, 0.717) is 29.1 Å². The molecule has 9 heteroatoms. The third-order valence-corrected chi connectivity index (χ3v) is 7.60. The van der Waals surface area contributed by atoms with E-state index < -0.39 is 52.5 Å². The van der Waals surface area contributed by atoms with Crippen LogP contribution < -0.4 is 10.2 Å². The van der Waals surface area contributed by atoms with Crippen molar-refractivity contribution in [2.45, 2.75) is 37.5 Å². The number of halogens is 3. The molecule has 2 aromatic rings. The van der Waals surface area contributed by atoms with Crippen LogP contribution in [0.3, 0.4) is 0 Å². The molecule has 0 saturated carbocycles. The highest BCUT2D eigenvalue weighted by atomic mass is 19.4. The first kappa shape index (κ1) is 20.4. The summed E-state index contributed by atoms with van der Waals surface area (Å²) >= 11 is 0. The maximum absolute atomic E-state index is 13.8. The molecule has 3 saturated heterocycles. The molecule has 4 atom stereocenters. The van der Waals surface area contributed by atoms with Crippen LogP contribution in [0.25, 0.3) is 0 Å². The van der Waals surface area contributed by atoms with Gasteiger partial charge in [-0.3, -0.25) is 19.3 Å². The van der Waals surface area contributed by atoms with Gasteiger partial charge in [0.1, 0.15) is 5.54 Å². The van der Waals surface area contributed by atoms with Crippen LogP contribution in [0.1, 0.15) is 29.5 Å². The number of nitrogens with zero attached hydrogens (tertiary/aromatic N) is 2. The number of aryl methyl sites for hydroxylation is 1. The number of carbonyl (C=O) groups excluding carboxylic acids is 3. The topological polar surface area (TPSA) is 69.7 Å². The third kappa shape index (κ3) is 2.40. The number of nitrogens with one attached hydrogen (secondary N) is 1. The van der Waals surface area contributed by atoms with Gasteiger partial charge in [0, 0.05) is 17.3 Å². The van der Waals surface area contributed by atoms with Gasteiger partial charge in [-0.25, -0.2) is 4.90 Å². The van der Waals surface area contributed by atoms with Gasteiger partial charge in [0.15, 0.2) is 0 Å². The first-order valence-corrected chi connectivity index (χ1v) is 10.9. The molecular weight excluding hydrogens is 435 g/mol. The normalized spacial score (nSPS) is 30.7. The number of amides is 3. The van der Waals surface area contributed by atoms with Crippen molar-refractivity contribution >= 4 is 29.1 Å². The Labute approximate surface area is 187 Å². The summed E-state index contributed by atoms with van der Waals surface area (Å²) in [7, 11) is 0. The van der Waals surface area contributed by atoms with Gasteiger partial charge in [0.25, 0.3) is 0 Å². The molecule has 0 radical (unpaired) electrons. The fourth-order valence-corrected chi connectivity index (χ4v) is 6.46. The van der Waals surface area contributed by atoms with Crippen LogP contribution in [0, 0.1) is 18.8 Å². The molecule has 3 fully saturated rings. The van der Waals surface area contributed by atoms with Crippen molar-refractivity contribution in [3.63, 3.8) is 0 Å². The second kappa shape index (κ2) is 6.44. The molecule has 6 nitrogen and oxygen atoms in total. The number of hydrogen-bond acceptors (Lipinski definition) is 4. The van der Waals surface area contributed by atoms with Crippen LogP contribution >= 0.6 is 0 Å². The highest BCUT2D eigenvalue weighted by Crippen LogP contribution is 2.61. The molecule has 1 N–H and O–H groups in total. The molecule has 170 valence electrons. The Morgan fingerprint density at radius 3 is 2.58 bits per heavy atom. The highest BCUT2D eigenvalue weighted by molar-refractivity contribution is 6.26. The second-order valence-electron chi connectivity index (χ2n) is 9.20. The van der Waals surface area contributed by atoms with Crippen molar-refractivity contribution < 1.29 is 27.6 Å². The Kier molecular flexibility index (Phi) is 3.98. The standard InChI is InChI=1S/C24H20F3N3O3/c1-12-8-9-15-14(11-12)23(22(33)28-15)19-18(17-7-4-10-29(17)23)20(31)30(21(19)32)16-6-3-2-5-13(16)24(25,26)27/h2-3,5-6,8-9,11,17-19H,4,7,10H2,1H3,(H,28,33)/t17-,18+,19-,23+/m0/s1. The molecule has 4 heterocycles. The lowest BCUT2D eigenvalue weighted by Gasteiger charge is -2.37. The molecule has 0 aliphatic carbocycles. The largest absolute Gasteiger partial charge is 0.418 e. The Balaban J connectivity index is 1.56. The van der Waals surface area contributed by atoms with E-state index in [4.69, 9.17) is 0 Å². The van der Waals surface area contributed by atoms with Gasteiger partial charge in [-0.2, -0.15) is 13.2 Å². The summed E-state index contributed by atoms with van der Waals surface area (Å²) in [4.78, 5) is 43.7. The number of para-hydroxylation sites is 1. The molecule has 6 rings (SSSR count). The monoisotopic (exact) mass is 455 g/mol. The summed E-state index contributed by atoms with van der Waals surface area (Å²) in [6.07, 6.45) is -3.39. The lowest BCUT2D eigenvalue weighted by Crippen LogP contribution is -2.54. The molecule has 0 aromatic heterocycles. The number of alkyl halides is 3. The lowest BCUT2D eigenvalue weighted by molar-refractivity contribution is -0.138. The molecule has 4 aliphatic heterocycles. The minimum Gasteiger partial charge on any atom is -0.324 e. The van der Waals surface area contributed by atoms with E-state index in [1.54, 1.807) is 6.07 Å².